The van der Waals surface area contributed by atoms with Crippen LogP contribution in [-0.2, 0) is 4.79 Å². The Morgan fingerprint density at radius 3 is 1.36 bits per heavy atom. The number of nitrogens with two attached hydrogens (primary N) is 1. The second kappa shape index (κ2) is 10.7. The van der Waals surface area contributed by atoms with Crippen molar-refractivity contribution in [2.75, 3.05) is 6.54 Å². The first kappa shape index (κ1) is 33.4. The Morgan fingerprint density at radius 1 is 0.697 bits per heavy atom. The van der Waals surface area contributed by atoms with Gasteiger partial charge in [-0.05, 0) is 6.42 Å². The van der Waals surface area contributed by atoms with Crippen molar-refractivity contribution >= 4 is 5.91 Å². The van der Waals surface area contributed by atoms with Gasteiger partial charge in [0.25, 0.3) is 0 Å². The molecule has 0 rings (SSSR count). The van der Waals surface area contributed by atoms with Crippen LogP contribution in [-0.4, -0.2) is 54.2 Å². The molecule has 0 aromatic carbocycles. The summed E-state index contributed by atoms with van der Waals surface area (Å²) in [6, 6.07) is 0. The van der Waals surface area contributed by atoms with Crippen LogP contribution in [0.1, 0.15) is 19.8 Å². The maximum atomic E-state index is 12.9. The first-order valence-corrected chi connectivity index (χ1v) is 7.83. The molecule has 0 spiro atoms. The van der Waals surface area contributed by atoms with Crippen LogP contribution in [0.15, 0.2) is 0 Å². The predicted molar refractivity (Wildman–Crippen MR) is 75.2 cm³/mol. The van der Waals surface area contributed by atoms with Crippen LogP contribution in [0.5, 0.6) is 0 Å². The number of hydrogen-bond donors (Lipinski definition) is 4. The normalized spacial score (nSPS) is 14.5. The fourth-order valence-corrected chi connectivity index (χ4v) is 1.51. The Balaban J connectivity index is 0. The van der Waals surface area contributed by atoms with Gasteiger partial charge in [-0.25, -0.2) is 5.43 Å². The molecule has 0 saturated carbocycles. The number of hydrogen-bond acceptors (Lipinski definition) is 4. The lowest BCUT2D eigenvalue weighted by Crippen LogP contribution is -2.73. The largest absolute Gasteiger partial charge is 0.460 e. The average molecular weight is 534 g/mol. The summed E-state index contributed by atoms with van der Waals surface area (Å²) in [5.41, 5.74) is 4.19. The number of nitrogens with one attached hydrogen (secondary N) is 3. The van der Waals surface area contributed by atoms with Crippen LogP contribution in [0.25, 0.3) is 0 Å². The van der Waals surface area contributed by atoms with E-state index in [0.717, 1.165) is 6.54 Å². The maximum Gasteiger partial charge on any atom is 0.460 e. The number of amides is 1. The highest BCUT2D eigenvalue weighted by molar-refractivity contribution is 5.83. The highest BCUT2D eigenvalue weighted by atomic mass is 19.4. The molecule has 0 radical (unpaired) electrons. The zero-order valence-corrected chi connectivity index (χ0v) is 15.7. The van der Waals surface area contributed by atoms with Crippen LogP contribution >= 0.6 is 0 Å². The minimum Gasteiger partial charge on any atom is -0.265 e. The van der Waals surface area contributed by atoms with E-state index in [0.29, 0.717) is 0 Å². The topological polar surface area (TPSA) is 79.2 Å². The van der Waals surface area contributed by atoms with Crippen LogP contribution in [0.4, 0.5) is 70.3 Å². The third-order valence-corrected chi connectivity index (χ3v) is 3.46. The molecule has 21 heteroatoms. The van der Waals surface area contributed by atoms with Crippen LogP contribution < -0.4 is 22.3 Å². The van der Waals surface area contributed by atoms with Crippen molar-refractivity contribution in [3.8, 4) is 0 Å². The smallest absolute Gasteiger partial charge is 0.265 e. The lowest BCUT2D eigenvalue weighted by Gasteiger charge is -2.40. The molecule has 0 heterocycles. The average Bonchev–Trinajstić information content (AvgIpc) is 2.66. The van der Waals surface area contributed by atoms with Crippen LogP contribution in [0.3, 0.4) is 0 Å². The van der Waals surface area contributed by atoms with E-state index in [1.165, 1.54) is 12.8 Å². The van der Waals surface area contributed by atoms with Gasteiger partial charge in [-0.3, -0.25) is 10.6 Å². The Morgan fingerprint density at radius 2 is 1.06 bits per heavy atom. The quantitative estimate of drug-likeness (QED) is 0.112. The van der Waals surface area contributed by atoms with Crippen molar-refractivity contribution in [3.05, 3.63) is 0 Å². The molecule has 0 aromatic rings. The van der Waals surface area contributed by atoms with Gasteiger partial charge in [0.15, 0.2) is 0 Å². The minimum absolute atomic E-state index is 0.935. The molecule has 0 aliphatic heterocycles. The standard InChI is InChI=1S/C8HF16NO.C4H13N3/c9-2(10,1(26)25-24)3(11,12)4(13,14)5(15,16)6(17,18)7(19,20)8(21,22)23;1-2-3-4-6-7-5/h(H,25,26);6-7H,2-5H2,1H3. The molecule has 0 saturated heterocycles. The molecular weight excluding hydrogens is 520 g/mol. The molecule has 5 N–H and O–H groups in total. The van der Waals surface area contributed by atoms with Gasteiger partial charge < -0.3 is 0 Å². The van der Waals surface area contributed by atoms with E-state index < -0.39 is 53.2 Å². The van der Waals surface area contributed by atoms with Gasteiger partial charge in [0.2, 0.25) is 0 Å². The second-order valence-electron chi connectivity index (χ2n) is 5.79. The van der Waals surface area contributed by atoms with E-state index in [-0.39, 0.29) is 0 Å². The molecule has 0 aromatic heterocycles. The Hall–Kier alpha value is -1.77. The molecule has 0 bridgehead atoms. The number of hydrazine groups is 2. The summed E-state index contributed by atoms with van der Waals surface area (Å²) in [4.78, 5) is 10.0. The summed E-state index contributed by atoms with van der Waals surface area (Å²) in [6.07, 6.45) is -5.34. The van der Waals surface area contributed by atoms with E-state index in [1.807, 2.05) is 0 Å². The van der Waals surface area contributed by atoms with E-state index in [9.17, 15) is 75.1 Å². The third-order valence-electron chi connectivity index (χ3n) is 3.46. The van der Waals surface area contributed by atoms with Crippen molar-refractivity contribution in [1.82, 2.24) is 16.5 Å². The van der Waals surface area contributed by atoms with Gasteiger partial charge in [-0.15, -0.1) is 4.48 Å². The van der Waals surface area contributed by atoms with Crippen molar-refractivity contribution in [2.24, 2.45) is 5.84 Å². The first-order valence-electron chi connectivity index (χ1n) is 7.83. The van der Waals surface area contributed by atoms with Gasteiger partial charge in [-0.1, -0.05) is 13.3 Å². The van der Waals surface area contributed by atoms with Gasteiger partial charge in [0, 0.05) is 6.54 Å². The highest BCUT2D eigenvalue weighted by Gasteiger charge is 2.94. The Kier molecular flexibility index (Phi) is 10.8. The van der Waals surface area contributed by atoms with Crippen molar-refractivity contribution < 1.29 is 75.1 Å². The summed E-state index contributed by atoms with van der Waals surface area (Å²) >= 11 is 0. The number of halogens is 16. The molecule has 200 valence electrons. The predicted octanol–water partition coefficient (Wildman–Crippen LogP) is 4.12. The molecule has 0 unspecified atom stereocenters. The van der Waals surface area contributed by atoms with E-state index in [2.05, 4.69) is 17.9 Å². The number of rotatable bonds is 10. The highest BCUT2D eigenvalue weighted by Crippen LogP contribution is 2.62. The SMILES string of the molecule is CCCCNNN.O=C(NF)C(F)(F)C(F)(F)C(F)(F)C(F)(F)C(F)(F)C(F)(F)C(F)(F)F. The summed E-state index contributed by atoms with van der Waals surface area (Å²) < 4.78 is 199. The summed E-state index contributed by atoms with van der Waals surface area (Å²) in [5, 5.41) is 0. The number of alkyl halides is 15. The van der Waals surface area contributed by atoms with Gasteiger partial charge >= 0.3 is 47.6 Å². The van der Waals surface area contributed by atoms with E-state index in [1.54, 1.807) is 0 Å². The second-order valence-corrected chi connectivity index (χ2v) is 5.79. The minimum atomic E-state index is -8.51. The number of unbranched alkanes of at least 4 members (excludes halogenated alkanes) is 1. The molecule has 0 atom stereocenters. The fourth-order valence-electron chi connectivity index (χ4n) is 1.51. The van der Waals surface area contributed by atoms with Gasteiger partial charge in [0.05, 0.1) is 0 Å². The van der Waals surface area contributed by atoms with Crippen LogP contribution in [0.2, 0.25) is 0 Å². The summed E-state index contributed by atoms with van der Waals surface area (Å²) in [5.74, 6) is -48.0. The molecule has 5 nitrogen and oxygen atoms in total. The summed E-state index contributed by atoms with van der Waals surface area (Å²) in [6.45, 7) is 3.09. The lowest BCUT2D eigenvalue weighted by atomic mass is 9.91. The van der Waals surface area contributed by atoms with Crippen molar-refractivity contribution in [3.63, 3.8) is 0 Å². The Bertz CT molecular complexity index is 631. The monoisotopic (exact) mass is 534 g/mol. The summed E-state index contributed by atoms with van der Waals surface area (Å²) in [7, 11) is 0. The molecule has 1 amide bonds. The molecule has 33 heavy (non-hydrogen) atoms. The van der Waals surface area contributed by atoms with Gasteiger partial charge in [0.1, 0.15) is 0 Å². The maximum absolute atomic E-state index is 12.9. The number of carbonyl (C=O) groups is 1. The molecule has 0 fully saturated rings. The van der Waals surface area contributed by atoms with E-state index in [4.69, 9.17) is 5.84 Å². The Labute approximate surface area is 172 Å². The molecular formula is C12H14F16N4O. The van der Waals surface area contributed by atoms with E-state index >= 15 is 0 Å². The zero-order valence-electron chi connectivity index (χ0n) is 15.7. The fraction of sp³-hybridized carbons (Fsp3) is 0.917. The lowest BCUT2D eigenvalue weighted by molar-refractivity contribution is -0.449. The molecule has 0 aliphatic carbocycles. The van der Waals surface area contributed by atoms with Gasteiger partial charge in [-0.2, -0.15) is 76.9 Å². The third kappa shape index (κ3) is 5.84. The first-order chi connectivity index (χ1) is 14.4. The van der Waals surface area contributed by atoms with Crippen molar-refractivity contribution in [2.45, 2.75) is 61.5 Å². The van der Waals surface area contributed by atoms with Crippen molar-refractivity contribution in [1.29, 1.82) is 0 Å². The zero-order chi connectivity index (χ0) is 27.3. The van der Waals surface area contributed by atoms with Crippen LogP contribution in [0, 0.1) is 0 Å². The molecule has 0 aliphatic rings. The number of carbonyl (C=O) groups excluding carboxylic acids is 1.